The van der Waals surface area contributed by atoms with Crippen LogP contribution in [0.15, 0.2) is 72.8 Å². The highest BCUT2D eigenvalue weighted by Crippen LogP contribution is 2.39. The molecule has 6 rings (SSSR count). The SMILES string of the molecule is CCOC(=O)c1c(CCCOc2cccc3ccccc23)c2cccc3c2n1C/C=C\COCc1[nH]nc(COC(C)C)c1-3. The number of ether oxygens (including phenoxy) is 4. The smallest absolute Gasteiger partial charge is 0.355 e. The molecule has 1 N–H and O–H groups in total. The molecule has 5 aromatic rings. The van der Waals surface area contributed by atoms with E-state index in [1.54, 1.807) is 0 Å². The Bertz CT molecular complexity index is 1790. The molecule has 1 aliphatic rings. The number of nitrogens with one attached hydrogen (secondary N) is 1. The quantitative estimate of drug-likeness (QED) is 0.103. The number of nitrogens with zero attached hydrogens (tertiary/aromatic N) is 2. The number of para-hydroxylation sites is 1. The Kier molecular flexibility index (Phi) is 9.09. The lowest BCUT2D eigenvalue weighted by molar-refractivity contribution is 0.0513. The van der Waals surface area contributed by atoms with E-state index < -0.39 is 0 Å². The molecule has 0 spiro atoms. The largest absolute Gasteiger partial charge is 0.493 e. The zero-order valence-electron chi connectivity index (χ0n) is 25.6. The van der Waals surface area contributed by atoms with E-state index in [0.29, 0.717) is 51.7 Å². The monoisotopic (exact) mass is 593 g/mol. The number of benzene rings is 3. The Balaban J connectivity index is 1.42. The van der Waals surface area contributed by atoms with Crippen molar-refractivity contribution in [1.82, 2.24) is 14.8 Å². The first-order valence-electron chi connectivity index (χ1n) is 15.4. The van der Waals surface area contributed by atoms with Gasteiger partial charge in [0.05, 0.1) is 56.0 Å². The molecule has 0 saturated carbocycles. The summed E-state index contributed by atoms with van der Waals surface area (Å²) >= 11 is 0. The van der Waals surface area contributed by atoms with Gasteiger partial charge in [-0.15, -0.1) is 0 Å². The van der Waals surface area contributed by atoms with Gasteiger partial charge in [-0.25, -0.2) is 4.79 Å². The molecule has 0 fully saturated rings. The van der Waals surface area contributed by atoms with Crippen molar-refractivity contribution in [2.75, 3.05) is 19.8 Å². The highest BCUT2D eigenvalue weighted by Gasteiger charge is 2.27. The standard InChI is InChI=1S/C36H39N3O5/c1-4-42-36(40)35-28(17-11-21-43-32-18-9-13-25-12-5-6-14-26(25)32)27-15-10-16-29-33-30(37-38-31(33)23-44-24(2)3)22-41-20-8-7-19-39(35)34(27)29/h5-10,12-16,18,24H,4,11,17,19-23H2,1-3H3,(H,37,38)/b8-7-. The summed E-state index contributed by atoms with van der Waals surface area (Å²) in [5.41, 5.74) is 6.15. The summed E-state index contributed by atoms with van der Waals surface area (Å²) in [6.07, 6.45) is 5.48. The van der Waals surface area contributed by atoms with E-state index in [2.05, 4.69) is 45.1 Å². The normalized spacial score (nSPS) is 14.0. The third-order valence-electron chi connectivity index (χ3n) is 7.89. The minimum atomic E-state index is -0.324. The van der Waals surface area contributed by atoms with Gasteiger partial charge in [0, 0.05) is 28.4 Å². The van der Waals surface area contributed by atoms with Crippen molar-refractivity contribution in [2.24, 2.45) is 0 Å². The molecular weight excluding hydrogens is 554 g/mol. The van der Waals surface area contributed by atoms with Crippen LogP contribution >= 0.6 is 0 Å². The van der Waals surface area contributed by atoms with Crippen LogP contribution in [-0.2, 0) is 40.4 Å². The highest BCUT2D eigenvalue weighted by atomic mass is 16.5. The van der Waals surface area contributed by atoms with Crippen molar-refractivity contribution >= 4 is 27.6 Å². The predicted octanol–water partition coefficient (Wildman–Crippen LogP) is 7.38. The van der Waals surface area contributed by atoms with E-state index in [4.69, 9.17) is 18.9 Å². The lowest BCUT2D eigenvalue weighted by Crippen LogP contribution is -2.14. The third-order valence-corrected chi connectivity index (χ3v) is 7.89. The van der Waals surface area contributed by atoms with Gasteiger partial charge >= 0.3 is 5.97 Å². The van der Waals surface area contributed by atoms with Gasteiger partial charge in [-0.1, -0.05) is 66.7 Å². The number of esters is 1. The molecule has 0 radical (unpaired) electrons. The number of aryl methyl sites for hydroxylation is 1. The molecule has 0 amide bonds. The van der Waals surface area contributed by atoms with Crippen LogP contribution in [-0.4, -0.2) is 46.7 Å². The number of hydrogen-bond donors (Lipinski definition) is 1. The van der Waals surface area contributed by atoms with Crippen LogP contribution in [0.3, 0.4) is 0 Å². The van der Waals surface area contributed by atoms with Crippen LogP contribution < -0.4 is 4.74 Å². The predicted molar refractivity (Wildman–Crippen MR) is 172 cm³/mol. The van der Waals surface area contributed by atoms with Gasteiger partial charge in [0.25, 0.3) is 0 Å². The Morgan fingerprint density at radius 3 is 2.73 bits per heavy atom. The second-order valence-corrected chi connectivity index (χ2v) is 11.2. The molecular formula is C36H39N3O5. The number of rotatable bonds is 10. The van der Waals surface area contributed by atoms with Gasteiger partial charge in [-0.05, 0) is 50.6 Å². The van der Waals surface area contributed by atoms with Crippen LogP contribution in [0, 0.1) is 0 Å². The minimum absolute atomic E-state index is 0.0586. The molecule has 228 valence electrons. The van der Waals surface area contributed by atoms with Gasteiger partial charge in [0.2, 0.25) is 0 Å². The van der Waals surface area contributed by atoms with Gasteiger partial charge in [-0.3, -0.25) is 5.10 Å². The van der Waals surface area contributed by atoms with Crippen molar-refractivity contribution in [2.45, 2.75) is 59.5 Å². The number of hydrogen-bond acceptors (Lipinski definition) is 6. The molecule has 1 aliphatic heterocycles. The van der Waals surface area contributed by atoms with Gasteiger partial charge in [-0.2, -0.15) is 5.10 Å². The van der Waals surface area contributed by atoms with Crippen molar-refractivity contribution in [3.63, 3.8) is 0 Å². The molecule has 3 heterocycles. The van der Waals surface area contributed by atoms with E-state index in [1.807, 2.05) is 63.3 Å². The first-order valence-corrected chi connectivity index (χ1v) is 15.4. The number of allylic oxidation sites excluding steroid dienone is 1. The van der Waals surface area contributed by atoms with E-state index in [1.165, 1.54) is 0 Å². The topological polar surface area (TPSA) is 87.6 Å². The maximum atomic E-state index is 13.6. The molecule has 8 nitrogen and oxygen atoms in total. The molecule has 8 heteroatoms. The van der Waals surface area contributed by atoms with Crippen molar-refractivity contribution < 1.29 is 23.7 Å². The summed E-state index contributed by atoms with van der Waals surface area (Å²) in [7, 11) is 0. The molecule has 0 aliphatic carbocycles. The van der Waals surface area contributed by atoms with E-state index in [0.717, 1.165) is 61.9 Å². The number of carbonyl (C=O) groups excluding carboxylic acids is 1. The van der Waals surface area contributed by atoms with Gasteiger partial charge < -0.3 is 23.5 Å². The summed E-state index contributed by atoms with van der Waals surface area (Å²) in [6.45, 7) is 8.37. The second kappa shape index (κ2) is 13.5. The first kappa shape index (κ1) is 29.7. The number of carbonyl (C=O) groups is 1. The number of aromatic nitrogens is 3. The average Bonchev–Trinajstić information content (AvgIpc) is 3.57. The molecule has 0 bridgehead atoms. The first-order chi connectivity index (χ1) is 21.6. The zero-order chi connectivity index (χ0) is 30.5. The summed E-state index contributed by atoms with van der Waals surface area (Å²) in [4.78, 5) is 13.6. The Labute approximate surface area is 257 Å². The van der Waals surface area contributed by atoms with E-state index >= 15 is 0 Å². The third kappa shape index (κ3) is 6.00. The molecule has 0 unspecified atom stereocenters. The minimum Gasteiger partial charge on any atom is -0.493 e. The summed E-state index contributed by atoms with van der Waals surface area (Å²) < 4.78 is 26.0. The Hall–Kier alpha value is -4.40. The van der Waals surface area contributed by atoms with Crippen LogP contribution in [0.4, 0.5) is 0 Å². The fourth-order valence-electron chi connectivity index (χ4n) is 5.97. The van der Waals surface area contributed by atoms with Gasteiger partial charge in [0.1, 0.15) is 11.4 Å². The van der Waals surface area contributed by atoms with Crippen LogP contribution in [0.2, 0.25) is 0 Å². The average molecular weight is 594 g/mol. The van der Waals surface area contributed by atoms with Crippen LogP contribution in [0.5, 0.6) is 5.75 Å². The Morgan fingerprint density at radius 1 is 1.05 bits per heavy atom. The fraction of sp³-hybridized carbons (Fsp3) is 0.333. The molecule has 0 atom stereocenters. The summed E-state index contributed by atoms with van der Waals surface area (Å²) in [6, 6.07) is 20.6. The number of aromatic amines is 1. The van der Waals surface area contributed by atoms with Gasteiger partial charge in [0.15, 0.2) is 0 Å². The van der Waals surface area contributed by atoms with E-state index in [-0.39, 0.29) is 12.1 Å². The zero-order valence-corrected chi connectivity index (χ0v) is 25.6. The summed E-state index contributed by atoms with van der Waals surface area (Å²) in [5, 5.41) is 11.1. The van der Waals surface area contributed by atoms with E-state index in [9.17, 15) is 4.79 Å². The highest BCUT2D eigenvalue weighted by molar-refractivity contribution is 6.05. The molecule has 3 aromatic carbocycles. The number of fused-ring (bicyclic) bond motifs is 3. The van der Waals surface area contributed by atoms with Crippen molar-refractivity contribution in [1.29, 1.82) is 0 Å². The molecule has 44 heavy (non-hydrogen) atoms. The lowest BCUT2D eigenvalue weighted by atomic mass is 9.98. The van der Waals surface area contributed by atoms with Crippen molar-refractivity contribution in [3.05, 3.63) is 95.5 Å². The molecule has 0 saturated heterocycles. The second-order valence-electron chi connectivity index (χ2n) is 11.2. The maximum Gasteiger partial charge on any atom is 0.355 e. The fourth-order valence-corrected chi connectivity index (χ4v) is 5.97. The maximum absolute atomic E-state index is 13.6. The number of H-pyrrole nitrogens is 1. The lowest BCUT2D eigenvalue weighted by Gasteiger charge is -2.13. The molecule has 2 aromatic heterocycles. The summed E-state index contributed by atoms with van der Waals surface area (Å²) in [5.74, 6) is 0.541. The van der Waals surface area contributed by atoms with Crippen LogP contribution in [0.25, 0.3) is 32.8 Å². The van der Waals surface area contributed by atoms with Crippen molar-refractivity contribution in [3.8, 4) is 16.9 Å². The van der Waals surface area contributed by atoms with Crippen LogP contribution in [0.1, 0.15) is 54.6 Å². The Morgan fingerprint density at radius 2 is 1.86 bits per heavy atom.